The lowest BCUT2D eigenvalue weighted by Crippen LogP contribution is -2.46. The smallest absolute Gasteiger partial charge is 0.243 e. The van der Waals surface area contributed by atoms with Crippen molar-refractivity contribution in [3.63, 3.8) is 0 Å². The fourth-order valence-corrected chi connectivity index (χ4v) is 5.86. The fourth-order valence-electron chi connectivity index (χ4n) is 4.44. The lowest BCUT2D eigenvalue weighted by Gasteiger charge is -2.31. The third-order valence-corrected chi connectivity index (χ3v) is 8.58. The molecule has 1 aromatic heterocycles. The number of sulfonamides is 1. The summed E-state index contributed by atoms with van der Waals surface area (Å²) in [7, 11) is -1.51. The number of nitrogens with zero attached hydrogens (tertiary/aromatic N) is 5. The molecular formula is C22H29N5O4S. The van der Waals surface area contributed by atoms with Crippen LogP contribution in [0.15, 0.2) is 33.7 Å². The molecule has 0 spiro atoms. The Balaban J connectivity index is 1.27. The van der Waals surface area contributed by atoms with E-state index >= 15 is 0 Å². The quantitative estimate of drug-likeness (QED) is 0.672. The highest BCUT2D eigenvalue weighted by molar-refractivity contribution is 7.89. The number of hydrogen-bond donors (Lipinski definition) is 0. The summed E-state index contributed by atoms with van der Waals surface area (Å²) < 4.78 is 32.9. The minimum atomic E-state index is -3.51. The highest BCUT2D eigenvalue weighted by Gasteiger charge is 2.36. The van der Waals surface area contributed by atoms with Gasteiger partial charge < -0.3 is 14.3 Å². The van der Waals surface area contributed by atoms with Crippen molar-refractivity contribution in [1.82, 2.24) is 24.2 Å². The molecule has 172 valence electrons. The van der Waals surface area contributed by atoms with Crippen LogP contribution in [0.5, 0.6) is 0 Å². The van der Waals surface area contributed by atoms with E-state index in [4.69, 9.17) is 4.52 Å². The van der Waals surface area contributed by atoms with Crippen LogP contribution in [0.25, 0.3) is 11.4 Å². The molecule has 2 saturated heterocycles. The Hall–Kier alpha value is -2.30. The van der Waals surface area contributed by atoms with Gasteiger partial charge in [-0.3, -0.25) is 4.79 Å². The second-order valence-electron chi connectivity index (χ2n) is 9.09. The monoisotopic (exact) mass is 459 g/mol. The van der Waals surface area contributed by atoms with E-state index in [1.807, 2.05) is 11.9 Å². The number of benzene rings is 1. The molecule has 1 aromatic carbocycles. The van der Waals surface area contributed by atoms with Gasteiger partial charge in [-0.05, 0) is 57.0 Å². The average molecular weight is 460 g/mol. The molecule has 1 amide bonds. The molecule has 0 radical (unpaired) electrons. The van der Waals surface area contributed by atoms with Gasteiger partial charge in [0.1, 0.15) is 0 Å². The maximum Gasteiger partial charge on any atom is 0.243 e. The molecule has 3 fully saturated rings. The molecule has 9 nitrogen and oxygen atoms in total. The van der Waals surface area contributed by atoms with E-state index in [1.165, 1.54) is 4.31 Å². The summed E-state index contributed by atoms with van der Waals surface area (Å²) >= 11 is 0. The zero-order chi connectivity index (χ0) is 22.3. The summed E-state index contributed by atoms with van der Waals surface area (Å²) in [6.45, 7) is 3.88. The van der Waals surface area contributed by atoms with Gasteiger partial charge in [-0.25, -0.2) is 8.42 Å². The number of carbonyl (C=O) groups excluding carboxylic acids is 1. The van der Waals surface area contributed by atoms with Gasteiger partial charge in [-0.1, -0.05) is 5.16 Å². The third kappa shape index (κ3) is 4.31. The Bertz CT molecular complexity index is 1070. The van der Waals surface area contributed by atoms with Gasteiger partial charge in [-0.2, -0.15) is 9.29 Å². The van der Waals surface area contributed by atoms with Crippen LogP contribution in [0.4, 0.5) is 0 Å². The molecule has 1 saturated carbocycles. The van der Waals surface area contributed by atoms with Gasteiger partial charge in [-0.15, -0.1) is 0 Å². The SMILES string of the molecule is CN1CCN(S(=O)(=O)c2ccc(-c3noc([C@@H]4CCCN(C(=O)C5CC5)C4)n3)cc2)CC1. The molecular weight excluding hydrogens is 430 g/mol. The molecule has 0 N–H and O–H groups in total. The van der Waals surface area contributed by atoms with Crippen LogP contribution in [-0.2, 0) is 14.8 Å². The summed E-state index contributed by atoms with van der Waals surface area (Å²) in [6.07, 6.45) is 3.86. The van der Waals surface area contributed by atoms with Crippen LogP contribution in [0, 0.1) is 5.92 Å². The fraction of sp³-hybridized carbons (Fsp3) is 0.591. The van der Waals surface area contributed by atoms with Gasteiger partial charge >= 0.3 is 0 Å². The van der Waals surface area contributed by atoms with Crippen molar-refractivity contribution in [3.8, 4) is 11.4 Å². The highest BCUT2D eigenvalue weighted by Crippen LogP contribution is 2.34. The Morgan fingerprint density at radius 2 is 1.75 bits per heavy atom. The number of amides is 1. The van der Waals surface area contributed by atoms with Gasteiger partial charge in [0.25, 0.3) is 0 Å². The number of piperazine rings is 1. The summed E-state index contributed by atoms with van der Waals surface area (Å²) in [5.41, 5.74) is 0.707. The largest absolute Gasteiger partial charge is 0.342 e. The molecule has 1 atom stereocenters. The zero-order valence-corrected chi connectivity index (χ0v) is 19.1. The summed E-state index contributed by atoms with van der Waals surface area (Å²) in [5.74, 6) is 1.50. The van der Waals surface area contributed by atoms with Crippen LogP contribution < -0.4 is 0 Å². The second-order valence-corrected chi connectivity index (χ2v) is 11.0. The van der Waals surface area contributed by atoms with Crippen molar-refractivity contribution in [2.75, 3.05) is 46.3 Å². The summed E-state index contributed by atoms with van der Waals surface area (Å²) in [4.78, 5) is 21.3. The Morgan fingerprint density at radius 3 is 2.44 bits per heavy atom. The maximum atomic E-state index is 12.9. The van der Waals surface area contributed by atoms with Gasteiger partial charge in [0.05, 0.1) is 10.8 Å². The molecule has 2 aromatic rings. The van der Waals surface area contributed by atoms with Crippen molar-refractivity contribution in [3.05, 3.63) is 30.2 Å². The van der Waals surface area contributed by atoms with Crippen molar-refractivity contribution < 1.29 is 17.7 Å². The second kappa shape index (κ2) is 8.57. The van der Waals surface area contributed by atoms with Crippen molar-refractivity contribution >= 4 is 15.9 Å². The van der Waals surface area contributed by atoms with E-state index in [0.29, 0.717) is 36.9 Å². The van der Waals surface area contributed by atoms with Gasteiger partial charge in [0.2, 0.25) is 27.6 Å². The highest BCUT2D eigenvalue weighted by atomic mass is 32.2. The van der Waals surface area contributed by atoms with Gasteiger partial charge in [0.15, 0.2) is 0 Å². The maximum absolute atomic E-state index is 12.9. The topological polar surface area (TPSA) is 99.9 Å². The molecule has 1 aliphatic carbocycles. The third-order valence-electron chi connectivity index (χ3n) is 6.66. The number of aromatic nitrogens is 2. The standard InChI is InChI=1S/C22H29N5O4S/c1-25-11-13-27(14-12-25)32(29,30)19-8-6-16(7-9-19)20-23-21(31-24-20)18-3-2-10-26(15-18)22(28)17-4-5-17/h6-9,17-18H,2-5,10-15H2,1H3/t18-/m1/s1. The van der Waals surface area contributed by atoms with E-state index in [0.717, 1.165) is 45.3 Å². The minimum absolute atomic E-state index is 0.0459. The molecule has 0 unspecified atom stereocenters. The van der Waals surface area contributed by atoms with Crippen LogP contribution in [0.2, 0.25) is 0 Å². The Kier molecular flexibility index (Phi) is 5.77. The lowest BCUT2D eigenvalue weighted by molar-refractivity contribution is -0.133. The number of piperidine rings is 1. The zero-order valence-electron chi connectivity index (χ0n) is 18.3. The molecule has 5 rings (SSSR count). The number of hydrogen-bond acceptors (Lipinski definition) is 7. The van der Waals surface area contributed by atoms with E-state index < -0.39 is 10.0 Å². The van der Waals surface area contributed by atoms with Crippen molar-refractivity contribution in [1.29, 1.82) is 0 Å². The number of carbonyl (C=O) groups is 1. The molecule has 32 heavy (non-hydrogen) atoms. The lowest BCUT2D eigenvalue weighted by atomic mass is 9.97. The van der Waals surface area contributed by atoms with E-state index in [2.05, 4.69) is 15.0 Å². The molecule has 0 bridgehead atoms. The minimum Gasteiger partial charge on any atom is -0.342 e. The van der Waals surface area contributed by atoms with Crippen LogP contribution in [0.1, 0.15) is 37.5 Å². The van der Waals surface area contributed by atoms with Crippen LogP contribution >= 0.6 is 0 Å². The number of rotatable bonds is 5. The first-order chi connectivity index (χ1) is 15.4. The first kappa shape index (κ1) is 21.5. The molecule has 3 heterocycles. The number of likely N-dealkylation sites (tertiary alicyclic amines) is 1. The van der Waals surface area contributed by atoms with Crippen molar-refractivity contribution in [2.24, 2.45) is 5.92 Å². The van der Waals surface area contributed by atoms with E-state index in [-0.39, 0.29) is 22.6 Å². The van der Waals surface area contributed by atoms with Crippen LogP contribution in [-0.4, -0.2) is 84.9 Å². The first-order valence-corrected chi connectivity index (χ1v) is 12.8. The van der Waals surface area contributed by atoms with E-state index in [1.54, 1.807) is 24.3 Å². The Labute approximate surface area is 188 Å². The molecule has 3 aliphatic rings. The normalized spacial score (nSPS) is 23.4. The predicted molar refractivity (Wildman–Crippen MR) is 117 cm³/mol. The average Bonchev–Trinajstić information content (AvgIpc) is 3.55. The van der Waals surface area contributed by atoms with Crippen LogP contribution in [0.3, 0.4) is 0 Å². The summed E-state index contributed by atoms with van der Waals surface area (Å²) in [6, 6.07) is 6.66. The van der Waals surface area contributed by atoms with E-state index in [9.17, 15) is 13.2 Å². The Morgan fingerprint density at radius 1 is 1.03 bits per heavy atom. The predicted octanol–water partition coefficient (Wildman–Crippen LogP) is 1.79. The number of likely N-dealkylation sites (N-methyl/N-ethyl adjacent to an activating group) is 1. The van der Waals surface area contributed by atoms with Crippen molar-refractivity contribution in [2.45, 2.75) is 36.5 Å². The molecule has 10 heteroatoms. The first-order valence-electron chi connectivity index (χ1n) is 11.3. The summed E-state index contributed by atoms with van der Waals surface area (Å²) in [5, 5.41) is 4.11. The van der Waals surface area contributed by atoms with Gasteiger partial charge in [0, 0.05) is 50.7 Å². The molecule has 2 aliphatic heterocycles.